The number of carboxylic acid groups (broad SMARTS) is 1. The largest absolute Gasteiger partial charge is 0.465 e. The predicted octanol–water partition coefficient (Wildman–Crippen LogP) is 2.37. The Morgan fingerprint density at radius 2 is 2.00 bits per heavy atom. The van der Waals surface area contributed by atoms with Crippen LogP contribution in [0.15, 0.2) is 48.9 Å². The first-order chi connectivity index (χ1) is 13.6. The average molecular weight is 380 g/mol. The predicted molar refractivity (Wildman–Crippen MR) is 103 cm³/mol. The fourth-order valence-electron chi connectivity index (χ4n) is 2.59. The lowest BCUT2D eigenvalue weighted by Crippen LogP contribution is -2.22. The van der Waals surface area contributed by atoms with Crippen LogP contribution in [0.5, 0.6) is 0 Å². The molecule has 0 aliphatic carbocycles. The summed E-state index contributed by atoms with van der Waals surface area (Å²) < 4.78 is 0. The Labute approximate surface area is 161 Å². The quantitative estimate of drug-likeness (QED) is 0.438. The van der Waals surface area contributed by atoms with E-state index in [0.717, 1.165) is 22.5 Å². The van der Waals surface area contributed by atoms with Crippen molar-refractivity contribution in [1.82, 2.24) is 25.3 Å². The zero-order chi connectivity index (χ0) is 19.8. The highest BCUT2D eigenvalue weighted by molar-refractivity contribution is 5.64. The smallest absolute Gasteiger partial charge is 0.404 e. The standard InChI is InChI=1S/C19H20N6O3/c26-11-13-3-1-4-16(9-13)24-18-23-12-22-17(25-18)14-6-8-20-15(10-14)5-2-7-21-19(27)28/h1,3-4,6,8-10,12,21,26H,2,5,7,11H2,(H,27,28)(H,22,23,24,25). The highest BCUT2D eigenvalue weighted by atomic mass is 16.4. The van der Waals surface area contributed by atoms with Crippen LogP contribution in [0, 0.1) is 0 Å². The average Bonchev–Trinajstić information content (AvgIpc) is 2.72. The highest BCUT2D eigenvalue weighted by Crippen LogP contribution is 2.19. The summed E-state index contributed by atoms with van der Waals surface area (Å²) in [6.07, 6.45) is 3.36. The lowest BCUT2D eigenvalue weighted by molar-refractivity contribution is 0.194. The van der Waals surface area contributed by atoms with Crippen molar-refractivity contribution in [2.24, 2.45) is 0 Å². The number of pyridine rings is 1. The highest BCUT2D eigenvalue weighted by Gasteiger charge is 2.07. The second-order valence-electron chi connectivity index (χ2n) is 5.99. The number of aliphatic hydroxyl groups is 1. The van der Waals surface area contributed by atoms with Crippen LogP contribution in [0.1, 0.15) is 17.7 Å². The lowest BCUT2D eigenvalue weighted by atomic mass is 10.1. The van der Waals surface area contributed by atoms with E-state index in [9.17, 15) is 9.90 Å². The van der Waals surface area contributed by atoms with Crippen molar-refractivity contribution in [2.45, 2.75) is 19.4 Å². The molecule has 0 atom stereocenters. The molecule has 0 saturated carbocycles. The fourth-order valence-corrected chi connectivity index (χ4v) is 2.59. The molecule has 3 aromatic rings. The molecular formula is C19H20N6O3. The van der Waals surface area contributed by atoms with Crippen LogP contribution in [0.2, 0.25) is 0 Å². The zero-order valence-electron chi connectivity index (χ0n) is 15.0. The van der Waals surface area contributed by atoms with E-state index in [4.69, 9.17) is 5.11 Å². The Kier molecular flexibility index (Phi) is 6.42. The molecule has 2 heterocycles. The van der Waals surface area contributed by atoms with E-state index in [-0.39, 0.29) is 6.61 Å². The summed E-state index contributed by atoms with van der Waals surface area (Å²) in [7, 11) is 0. The van der Waals surface area contributed by atoms with Crippen LogP contribution < -0.4 is 10.6 Å². The molecule has 4 N–H and O–H groups in total. The van der Waals surface area contributed by atoms with Crippen LogP contribution in [0.4, 0.5) is 16.4 Å². The van der Waals surface area contributed by atoms with E-state index in [1.165, 1.54) is 6.33 Å². The van der Waals surface area contributed by atoms with E-state index >= 15 is 0 Å². The minimum atomic E-state index is -1.03. The lowest BCUT2D eigenvalue weighted by Gasteiger charge is -2.08. The Balaban J connectivity index is 1.71. The molecular weight excluding hydrogens is 360 g/mol. The van der Waals surface area contributed by atoms with Crippen molar-refractivity contribution in [2.75, 3.05) is 11.9 Å². The van der Waals surface area contributed by atoms with Crippen molar-refractivity contribution in [1.29, 1.82) is 0 Å². The van der Waals surface area contributed by atoms with E-state index in [1.54, 1.807) is 6.20 Å². The van der Waals surface area contributed by atoms with Gasteiger partial charge in [0.2, 0.25) is 5.95 Å². The van der Waals surface area contributed by atoms with E-state index in [1.807, 2.05) is 36.4 Å². The van der Waals surface area contributed by atoms with Crippen molar-refractivity contribution in [3.8, 4) is 11.4 Å². The number of amides is 1. The number of aryl methyl sites for hydroxylation is 1. The number of rotatable bonds is 8. The molecule has 0 unspecified atom stereocenters. The third-order valence-corrected chi connectivity index (χ3v) is 3.90. The maximum atomic E-state index is 10.5. The number of aliphatic hydroxyl groups excluding tert-OH is 1. The normalized spacial score (nSPS) is 10.5. The van der Waals surface area contributed by atoms with Gasteiger partial charge in [0, 0.05) is 29.7 Å². The fraction of sp³-hybridized carbons (Fsp3) is 0.211. The number of benzene rings is 1. The minimum absolute atomic E-state index is 0.0419. The van der Waals surface area contributed by atoms with Crippen LogP contribution in [-0.4, -0.2) is 42.8 Å². The van der Waals surface area contributed by atoms with Gasteiger partial charge in [0.1, 0.15) is 6.33 Å². The summed E-state index contributed by atoms with van der Waals surface area (Å²) in [6, 6.07) is 11.0. The number of anilines is 2. The molecule has 0 spiro atoms. The third-order valence-electron chi connectivity index (χ3n) is 3.90. The van der Waals surface area contributed by atoms with E-state index in [0.29, 0.717) is 31.2 Å². The number of nitrogens with zero attached hydrogens (tertiary/aromatic N) is 4. The topological polar surface area (TPSA) is 133 Å². The van der Waals surface area contributed by atoms with Crippen molar-refractivity contribution in [3.05, 3.63) is 60.2 Å². The summed E-state index contributed by atoms with van der Waals surface area (Å²) >= 11 is 0. The summed E-state index contributed by atoms with van der Waals surface area (Å²) in [5.74, 6) is 0.896. The third kappa shape index (κ3) is 5.45. The molecule has 0 fully saturated rings. The summed E-state index contributed by atoms with van der Waals surface area (Å²) in [5.41, 5.74) is 3.18. The summed E-state index contributed by atoms with van der Waals surface area (Å²) in [5, 5.41) is 23.3. The molecule has 0 aliphatic heterocycles. The number of carbonyl (C=O) groups is 1. The van der Waals surface area contributed by atoms with E-state index in [2.05, 4.69) is 30.6 Å². The molecule has 3 rings (SSSR count). The van der Waals surface area contributed by atoms with Gasteiger partial charge >= 0.3 is 6.09 Å². The second kappa shape index (κ2) is 9.38. The first kappa shape index (κ1) is 19.2. The molecule has 2 aromatic heterocycles. The van der Waals surface area contributed by atoms with Gasteiger partial charge < -0.3 is 20.8 Å². The summed E-state index contributed by atoms with van der Waals surface area (Å²) in [4.78, 5) is 27.6. The van der Waals surface area contributed by atoms with Gasteiger partial charge in [-0.05, 0) is 42.7 Å². The van der Waals surface area contributed by atoms with Gasteiger partial charge in [-0.25, -0.2) is 14.8 Å². The van der Waals surface area contributed by atoms with Crippen molar-refractivity contribution >= 4 is 17.7 Å². The Bertz CT molecular complexity index is 950. The van der Waals surface area contributed by atoms with Gasteiger partial charge in [0.15, 0.2) is 5.82 Å². The number of nitrogens with one attached hydrogen (secondary N) is 2. The van der Waals surface area contributed by atoms with Crippen LogP contribution >= 0.6 is 0 Å². The van der Waals surface area contributed by atoms with Crippen molar-refractivity contribution < 1.29 is 15.0 Å². The van der Waals surface area contributed by atoms with Crippen LogP contribution in [-0.2, 0) is 13.0 Å². The SMILES string of the molecule is O=C(O)NCCCc1cc(-c2ncnc(Nc3cccc(CO)c3)n2)ccn1. The monoisotopic (exact) mass is 380 g/mol. The number of hydrogen-bond donors (Lipinski definition) is 4. The number of hydrogen-bond acceptors (Lipinski definition) is 7. The Hall–Kier alpha value is -3.59. The van der Waals surface area contributed by atoms with Gasteiger partial charge in [-0.1, -0.05) is 12.1 Å². The van der Waals surface area contributed by atoms with Gasteiger partial charge in [-0.2, -0.15) is 4.98 Å². The molecule has 9 nitrogen and oxygen atoms in total. The molecule has 144 valence electrons. The molecule has 9 heteroatoms. The molecule has 0 aliphatic rings. The first-order valence-electron chi connectivity index (χ1n) is 8.72. The maximum absolute atomic E-state index is 10.5. The minimum Gasteiger partial charge on any atom is -0.465 e. The van der Waals surface area contributed by atoms with Crippen LogP contribution in [0.3, 0.4) is 0 Å². The van der Waals surface area contributed by atoms with Gasteiger partial charge in [-0.3, -0.25) is 4.98 Å². The number of aromatic nitrogens is 4. The van der Waals surface area contributed by atoms with Crippen molar-refractivity contribution in [3.63, 3.8) is 0 Å². The van der Waals surface area contributed by atoms with Gasteiger partial charge in [0.25, 0.3) is 0 Å². The molecule has 1 aromatic carbocycles. The molecule has 1 amide bonds. The maximum Gasteiger partial charge on any atom is 0.404 e. The molecule has 0 bridgehead atoms. The Morgan fingerprint density at radius 1 is 1.11 bits per heavy atom. The van der Waals surface area contributed by atoms with E-state index < -0.39 is 6.09 Å². The zero-order valence-corrected chi connectivity index (χ0v) is 15.0. The van der Waals surface area contributed by atoms with Crippen LogP contribution in [0.25, 0.3) is 11.4 Å². The molecule has 0 saturated heterocycles. The first-order valence-corrected chi connectivity index (χ1v) is 8.72. The molecule has 28 heavy (non-hydrogen) atoms. The van der Waals surface area contributed by atoms with Gasteiger partial charge in [0.05, 0.1) is 6.61 Å². The Morgan fingerprint density at radius 3 is 2.82 bits per heavy atom. The summed E-state index contributed by atoms with van der Waals surface area (Å²) in [6.45, 7) is 0.327. The van der Waals surface area contributed by atoms with Gasteiger partial charge in [-0.15, -0.1) is 0 Å². The second-order valence-corrected chi connectivity index (χ2v) is 5.99. The molecule has 0 radical (unpaired) electrons.